The van der Waals surface area contributed by atoms with Gasteiger partial charge in [-0.2, -0.15) is 13.5 Å². The summed E-state index contributed by atoms with van der Waals surface area (Å²) in [5.74, 6) is 1.12. The summed E-state index contributed by atoms with van der Waals surface area (Å²) in [6.07, 6.45) is 4.37. The highest BCUT2D eigenvalue weighted by Crippen LogP contribution is 2.55. The zero-order chi connectivity index (χ0) is 16.0. The number of rotatable bonds is 3. The number of aryl methyl sites for hydroxylation is 1. The molecule has 1 aromatic carbocycles. The third kappa shape index (κ3) is 2.78. The Morgan fingerprint density at radius 1 is 1.23 bits per heavy atom. The predicted octanol–water partition coefficient (Wildman–Crippen LogP) is 3.48. The van der Waals surface area contributed by atoms with Crippen LogP contribution in [0.25, 0.3) is 0 Å². The third-order valence-electron chi connectivity index (χ3n) is 5.25. The van der Waals surface area contributed by atoms with Crippen LogP contribution in [0, 0.1) is 24.2 Å². The molecule has 0 aromatic heterocycles. The Balaban J connectivity index is 1.75. The van der Waals surface area contributed by atoms with Crippen LogP contribution in [-0.2, 0) is 10.0 Å². The molecule has 2 unspecified atom stereocenters. The summed E-state index contributed by atoms with van der Waals surface area (Å²) >= 11 is 0. The molecular formula is C17H24N2O2S. The lowest BCUT2D eigenvalue weighted by Crippen LogP contribution is -2.50. The third-order valence-corrected chi connectivity index (χ3v) is 6.48. The molecule has 2 aliphatic rings. The molecule has 3 rings (SSSR count). The van der Waals surface area contributed by atoms with Crippen molar-refractivity contribution in [3.05, 3.63) is 29.8 Å². The van der Waals surface area contributed by atoms with E-state index in [0.717, 1.165) is 30.5 Å². The van der Waals surface area contributed by atoms with Crippen LogP contribution in [0.3, 0.4) is 0 Å². The number of benzene rings is 1. The summed E-state index contributed by atoms with van der Waals surface area (Å²) in [7, 11) is -3.56. The van der Waals surface area contributed by atoms with Crippen molar-refractivity contribution in [2.75, 3.05) is 0 Å². The summed E-state index contributed by atoms with van der Waals surface area (Å²) in [5, 5.41) is 4.28. The van der Waals surface area contributed by atoms with Gasteiger partial charge in [-0.1, -0.05) is 31.5 Å². The fourth-order valence-corrected chi connectivity index (χ4v) is 4.74. The molecule has 0 amide bonds. The molecule has 1 N–H and O–H groups in total. The Hall–Kier alpha value is -1.36. The average Bonchev–Trinajstić information content (AvgIpc) is 2.45. The van der Waals surface area contributed by atoms with Crippen LogP contribution in [0.4, 0.5) is 0 Å². The maximum absolute atomic E-state index is 12.3. The van der Waals surface area contributed by atoms with Crippen molar-refractivity contribution in [2.45, 2.75) is 51.3 Å². The SMILES string of the molecule is Cc1ccc(S(=O)(=O)NN=C2CCCC3C2CC3(C)C)cc1. The number of sulfonamides is 1. The Labute approximate surface area is 133 Å². The Bertz CT molecular complexity index is 690. The summed E-state index contributed by atoms with van der Waals surface area (Å²) in [4.78, 5) is 2.70. The molecule has 0 aliphatic heterocycles. The summed E-state index contributed by atoms with van der Waals surface area (Å²) < 4.78 is 24.6. The second kappa shape index (κ2) is 5.37. The smallest absolute Gasteiger partial charge is 0.200 e. The topological polar surface area (TPSA) is 58.5 Å². The lowest BCUT2D eigenvalue weighted by Gasteiger charge is -2.54. The molecule has 0 saturated heterocycles. The number of fused-ring (bicyclic) bond motifs is 1. The molecule has 2 aliphatic carbocycles. The van der Waals surface area contributed by atoms with Gasteiger partial charge in [-0.3, -0.25) is 0 Å². The highest BCUT2D eigenvalue weighted by atomic mass is 32.2. The standard InChI is InChI=1S/C17H24N2O2S/c1-12-7-9-13(10-8-12)22(20,21)19-18-16-6-4-5-15-14(16)11-17(15,2)3/h7-10,14-15,19H,4-6,11H2,1-3H3. The van der Waals surface area contributed by atoms with Gasteiger partial charge in [0.1, 0.15) is 0 Å². The van der Waals surface area contributed by atoms with E-state index in [1.807, 2.05) is 6.92 Å². The molecule has 0 spiro atoms. The molecule has 0 radical (unpaired) electrons. The average molecular weight is 320 g/mol. The largest absolute Gasteiger partial charge is 0.276 e. The van der Waals surface area contributed by atoms with E-state index in [2.05, 4.69) is 23.8 Å². The highest BCUT2D eigenvalue weighted by Gasteiger charge is 2.50. The Morgan fingerprint density at radius 3 is 2.55 bits per heavy atom. The minimum absolute atomic E-state index is 0.267. The van der Waals surface area contributed by atoms with Gasteiger partial charge in [0.15, 0.2) is 0 Å². The fraction of sp³-hybridized carbons (Fsp3) is 0.588. The van der Waals surface area contributed by atoms with Gasteiger partial charge in [0.25, 0.3) is 10.0 Å². The molecule has 2 saturated carbocycles. The van der Waals surface area contributed by atoms with Crippen LogP contribution in [-0.4, -0.2) is 14.1 Å². The number of hydrogen-bond donors (Lipinski definition) is 1. The van der Waals surface area contributed by atoms with Crippen LogP contribution in [0.2, 0.25) is 0 Å². The quantitative estimate of drug-likeness (QED) is 0.867. The van der Waals surface area contributed by atoms with Crippen molar-refractivity contribution in [1.29, 1.82) is 0 Å². The van der Waals surface area contributed by atoms with Crippen molar-refractivity contribution in [3.8, 4) is 0 Å². The van der Waals surface area contributed by atoms with Gasteiger partial charge in [-0.15, -0.1) is 0 Å². The van der Waals surface area contributed by atoms with Gasteiger partial charge in [0, 0.05) is 11.6 Å². The first kappa shape index (κ1) is 15.5. The molecule has 0 heterocycles. The van der Waals surface area contributed by atoms with E-state index in [1.165, 1.54) is 6.42 Å². The Morgan fingerprint density at radius 2 is 1.91 bits per heavy atom. The van der Waals surface area contributed by atoms with Gasteiger partial charge >= 0.3 is 0 Å². The molecule has 2 atom stereocenters. The van der Waals surface area contributed by atoms with Gasteiger partial charge in [0.2, 0.25) is 0 Å². The predicted molar refractivity (Wildman–Crippen MR) is 88.2 cm³/mol. The molecule has 22 heavy (non-hydrogen) atoms. The van der Waals surface area contributed by atoms with Gasteiger partial charge in [-0.25, -0.2) is 4.83 Å². The van der Waals surface area contributed by atoms with Crippen LogP contribution in [0.15, 0.2) is 34.3 Å². The second-order valence-electron chi connectivity index (χ2n) is 7.31. The molecule has 120 valence electrons. The first-order valence-corrected chi connectivity index (χ1v) is 9.43. The van der Waals surface area contributed by atoms with Crippen LogP contribution in [0.1, 0.15) is 45.1 Å². The first-order chi connectivity index (χ1) is 10.3. The Kier molecular flexibility index (Phi) is 3.79. The van der Waals surface area contributed by atoms with Crippen LogP contribution >= 0.6 is 0 Å². The molecule has 5 heteroatoms. The van der Waals surface area contributed by atoms with Crippen molar-refractivity contribution >= 4 is 15.7 Å². The maximum Gasteiger partial charge on any atom is 0.276 e. The minimum atomic E-state index is -3.56. The minimum Gasteiger partial charge on any atom is -0.200 e. The summed E-state index contributed by atoms with van der Waals surface area (Å²) in [5.41, 5.74) is 2.45. The van der Waals surface area contributed by atoms with Crippen molar-refractivity contribution in [2.24, 2.45) is 22.4 Å². The van der Waals surface area contributed by atoms with E-state index < -0.39 is 10.0 Å². The van der Waals surface area contributed by atoms with E-state index in [0.29, 0.717) is 17.3 Å². The monoisotopic (exact) mass is 320 g/mol. The van der Waals surface area contributed by atoms with Crippen molar-refractivity contribution < 1.29 is 8.42 Å². The number of nitrogens with one attached hydrogen (secondary N) is 1. The molecule has 0 bridgehead atoms. The van der Waals surface area contributed by atoms with E-state index in [-0.39, 0.29) is 4.90 Å². The van der Waals surface area contributed by atoms with E-state index in [9.17, 15) is 8.42 Å². The normalized spacial score (nSPS) is 28.8. The molecule has 4 nitrogen and oxygen atoms in total. The van der Waals surface area contributed by atoms with Gasteiger partial charge < -0.3 is 0 Å². The lowest BCUT2D eigenvalue weighted by molar-refractivity contribution is 0.0117. The molecule has 2 fully saturated rings. The lowest BCUT2D eigenvalue weighted by atomic mass is 9.50. The first-order valence-electron chi connectivity index (χ1n) is 7.94. The van der Waals surface area contributed by atoms with Gasteiger partial charge in [-0.05, 0) is 56.1 Å². The van der Waals surface area contributed by atoms with Gasteiger partial charge in [0.05, 0.1) is 4.90 Å². The molecular weight excluding hydrogens is 296 g/mol. The maximum atomic E-state index is 12.3. The zero-order valence-corrected chi connectivity index (χ0v) is 14.3. The highest BCUT2D eigenvalue weighted by molar-refractivity contribution is 7.89. The number of nitrogens with zero attached hydrogens (tertiary/aromatic N) is 1. The van der Waals surface area contributed by atoms with E-state index in [4.69, 9.17) is 0 Å². The van der Waals surface area contributed by atoms with Crippen molar-refractivity contribution in [3.63, 3.8) is 0 Å². The molecule has 1 aromatic rings. The fourth-order valence-electron chi connectivity index (χ4n) is 3.90. The number of hydrazone groups is 1. The van der Waals surface area contributed by atoms with Crippen LogP contribution in [0.5, 0.6) is 0 Å². The number of hydrogen-bond acceptors (Lipinski definition) is 3. The van der Waals surface area contributed by atoms with Crippen LogP contribution < -0.4 is 4.83 Å². The van der Waals surface area contributed by atoms with E-state index >= 15 is 0 Å². The van der Waals surface area contributed by atoms with E-state index in [1.54, 1.807) is 24.3 Å². The summed E-state index contributed by atoms with van der Waals surface area (Å²) in [6, 6.07) is 6.83. The zero-order valence-electron chi connectivity index (χ0n) is 13.5. The second-order valence-corrected chi connectivity index (χ2v) is 8.97. The summed E-state index contributed by atoms with van der Waals surface area (Å²) in [6.45, 7) is 6.53. The van der Waals surface area contributed by atoms with Crippen molar-refractivity contribution in [1.82, 2.24) is 4.83 Å².